The number of fused-ring (bicyclic) bond motifs is 1. The number of aromatic nitrogens is 4. The summed E-state index contributed by atoms with van der Waals surface area (Å²) >= 11 is 0. The number of aliphatic hydroxyl groups excluding tert-OH is 1. The van der Waals surface area contributed by atoms with Crippen LogP contribution in [0.3, 0.4) is 0 Å². The van der Waals surface area contributed by atoms with Crippen LogP contribution in [0.4, 0.5) is 11.6 Å². The number of hydrogen-bond donors (Lipinski definition) is 1. The van der Waals surface area contributed by atoms with Crippen LogP contribution in [-0.2, 0) is 0 Å². The molecule has 0 amide bonds. The third-order valence-corrected chi connectivity index (χ3v) is 4.98. The Kier molecular flexibility index (Phi) is 4.61. The van der Waals surface area contributed by atoms with Gasteiger partial charge in [-0.15, -0.1) is 0 Å². The van der Waals surface area contributed by atoms with E-state index in [2.05, 4.69) is 38.6 Å². The van der Waals surface area contributed by atoms with Crippen LogP contribution in [0.5, 0.6) is 0 Å². The summed E-state index contributed by atoms with van der Waals surface area (Å²) in [5.74, 6) is 2.21. The first-order valence-corrected chi connectivity index (χ1v) is 9.29. The molecule has 2 aromatic heterocycles. The van der Waals surface area contributed by atoms with E-state index in [1.54, 1.807) is 13.1 Å². The summed E-state index contributed by atoms with van der Waals surface area (Å²) < 4.78 is 0. The lowest BCUT2D eigenvalue weighted by molar-refractivity contribution is 0.189. The van der Waals surface area contributed by atoms with E-state index in [1.807, 2.05) is 36.5 Å². The summed E-state index contributed by atoms with van der Waals surface area (Å²) in [4.78, 5) is 22.6. The summed E-state index contributed by atoms with van der Waals surface area (Å²) in [7, 11) is 0. The number of piperazine rings is 1. The van der Waals surface area contributed by atoms with Crippen LogP contribution in [0.1, 0.15) is 32.7 Å². The second-order valence-electron chi connectivity index (χ2n) is 7.18. The SMILES string of the molecule is C[C@@H]1CN(c2cnc3ccccc3n2)C[C@H](C)N1c1ccnc([C@@H](C)O)n1. The fraction of sp³-hybridized carbons (Fsp3) is 0.400. The zero-order valence-electron chi connectivity index (χ0n) is 15.8. The average molecular weight is 364 g/mol. The molecule has 1 fully saturated rings. The molecule has 3 atom stereocenters. The van der Waals surface area contributed by atoms with E-state index < -0.39 is 6.10 Å². The van der Waals surface area contributed by atoms with Gasteiger partial charge >= 0.3 is 0 Å². The predicted octanol–water partition coefficient (Wildman–Crippen LogP) is 2.58. The fourth-order valence-electron chi connectivity index (χ4n) is 3.77. The Morgan fingerprint density at radius 1 is 0.963 bits per heavy atom. The van der Waals surface area contributed by atoms with E-state index in [4.69, 9.17) is 4.98 Å². The molecular formula is C20H24N6O. The Labute approximate surface area is 158 Å². The van der Waals surface area contributed by atoms with Crippen LogP contribution in [0.2, 0.25) is 0 Å². The zero-order valence-corrected chi connectivity index (χ0v) is 15.8. The number of hydrogen-bond acceptors (Lipinski definition) is 7. The Balaban J connectivity index is 1.58. The Hall–Kier alpha value is -2.80. The number of para-hydroxylation sites is 2. The summed E-state index contributed by atoms with van der Waals surface area (Å²) in [6, 6.07) is 10.3. The largest absolute Gasteiger partial charge is 0.385 e. The number of rotatable bonds is 3. The van der Waals surface area contributed by atoms with Crippen molar-refractivity contribution in [3.8, 4) is 0 Å². The van der Waals surface area contributed by atoms with Gasteiger partial charge in [0.05, 0.1) is 17.2 Å². The molecule has 3 heterocycles. The lowest BCUT2D eigenvalue weighted by atomic mass is 10.1. The van der Waals surface area contributed by atoms with Crippen molar-refractivity contribution in [1.29, 1.82) is 0 Å². The first-order chi connectivity index (χ1) is 13.0. The molecule has 0 aliphatic carbocycles. The maximum Gasteiger partial charge on any atom is 0.158 e. The predicted molar refractivity (Wildman–Crippen MR) is 106 cm³/mol. The molecule has 0 spiro atoms. The lowest BCUT2D eigenvalue weighted by Gasteiger charge is -2.45. The van der Waals surface area contributed by atoms with E-state index in [1.165, 1.54) is 0 Å². The number of aliphatic hydroxyl groups is 1. The number of anilines is 2. The minimum atomic E-state index is -0.676. The van der Waals surface area contributed by atoms with Gasteiger partial charge in [0.25, 0.3) is 0 Å². The summed E-state index contributed by atoms with van der Waals surface area (Å²) in [6.07, 6.45) is 2.89. The van der Waals surface area contributed by atoms with Gasteiger partial charge in [0, 0.05) is 31.4 Å². The van der Waals surface area contributed by atoms with Crippen molar-refractivity contribution < 1.29 is 5.11 Å². The van der Waals surface area contributed by atoms with Gasteiger partial charge in [-0.3, -0.25) is 4.98 Å². The molecule has 27 heavy (non-hydrogen) atoms. The van der Waals surface area contributed by atoms with E-state index in [0.29, 0.717) is 5.82 Å². The minimum absolute atomic E-state index is 0.235. The van der Waals surface area contributed by atoms with Gasteiger partial charge in [0.15, 0.2) is 5.82 Å². The molecule has 3 aromatic rings. The highest BCUT2D eigenvalue weighted by molar-refractivity contribution is 5.75. The molecule has 7 heteroatoms. The molecular weight excluding hydrogens is 340 g/mol. The molecule has 1 aliphatic heterocycles. The molecule has 1 aromatic carbocycles. The summed E-state index contributed by atoms with van der Waals surface area (Å²) in [6.45, 7) is 7.70. The van der Waals surface area contributed by atoms with Crippen molar-refractivity contribution in [2.24, 2.45) is 0 Å². The Morgan fingerprint density at radius 2 is 1.67 bits per heavy atom. The van der Waals surface area contributed by atoms with E-state index in [9.17, 15) is 5.11 Å². The molecule has 140 valence electrons. The van der Waals surface area contributed by atoms with Crippen LogP contribution in [0.25, 0.3) is 11.0 Å². The molecule has 0 bridgehead atoms. The first kappa shape index (κ1) is 17.6. The third-order valence-electron chi connectivity index (χ3n) is 4.98. The normalized spacial score (nSPS) is 21.5. The fourth-order valence-corrected chi connectivity index (χ4v) is 3.77. The van der Waals surface area contributed by atoms with Crippen LogP contribution in [-0.4, -0.2) is 50.2 Å². The standard InChI is InChI=1S/C20H24N6O/c1-13-11-25(19-10-22-16-6-4-5-7-17(16)23-19)12-14(2)26(13)18-8-9-21-20(24-18)15(3)27/h4-10,13-15,27H,11-12H2,1-3H3/t13-,14+,15-/m1/s1. The van der Waals surface area contributed by atoms with Crippen molar-refractivity contribution in [2.45, 2.75) is 39.0 Å². The van der Waals surface area contributed by atoms with Crippen LogP contribution in [0.15, 0.2) is 42.7 Å². The highest BCUT2D eigenvalue weighted by Crippen LogP contribution is 2.26. The topological polar surface area (TPSA) is 78.3 Å². The molecule has 1 aliphatic rings. The van der Waals surface area contributed by atoms with Gasteiger partial charge in [-0.1, -0.05) is 12.1 Å². The second kappa shape index (κ2) is 7.08. The highest BCUT2D eigenvalue weighted by atomic mass is 16.3. The summed E-state index contributed by atoms with van der Waals surface area (Å²) in [5, 5.41) is 9.79. The van der Waals surface area contributed by atoms with Gasteiger partial charge in [-0.2, -0.15) is 0 Å². The number of nitrogens with zero attached hydrogens (tertiary/aromatic N) is 6. The van der Waals surface area contributed by atoms with Gasteiger partial charge in [0.1, 0.15) is 17.7 Å². The molecule has 4 rings (SSSR count). The Bertz CT molecular complexity index is 934. The van der Waals surface area contributed by atoms with Gasteiger partial charge in [-0.05, 0) is 39.0 Å². The zero-order chi connectivity index (χ0) is 19.0. The van der Waals surface area contributed by atoms with Crippen LogP contribution >= 0.6 is 0 Å². The molecule has 1 N–H and O–H groups in total. The van der Waals surface area contributed by atoms with E-state index in [0.717, 1.165) is 35.8 Å². The molecule has 7 nitrogen and oxygen atoms in total. The van der Waals surface area contributed by atoms with Crippen LogP contribution < -0.4 is 9.80 Å². The van der Waals surface area contributed by atoms with Crippen LogP contribution in [0, 0.1) is 0 Å². The highest BCUT2D eigenvalue weighted by Gasteiger charge is 2.31. The molecule has 0 saturated carbocycles. The van der Waals surface area contributed by atoms with Crippen molar-refractivity contribution in [2.75, 3.05) is 22.9 Å². The average Bonchev–Trinajstić information content (AvgIpc) is 2.67. The van der Waals surface area contributed by atoms with E-state index >= 15 is 0 Å². The van der Waals surface area contributed by atoms with Crippen molar-refractivity contribution in [1.82, 2.24) is 19.9 Å². The maximum absolute atomic E-state index is 9.79. The lowest BCUT2D eigenvalue weighted by Crippen LogP contribution is -2.57. The Morgan fingerprint density at radius 3 is 2.37 bits per heavy atom. The molecule has 0 radical (unpaired) electrons. The second-order valence-corrected chi connectivity index (χ2v) is 7.18. The van der Waals surface area contributed by atoms with Gasteiger partial charge in [-0.25, -0.2) is 15.0 Å². The molecule has 1 saturated heterocycles. The number of benzene rings is 1. The van der Waals surface area contributed by atoms with Crippen molar-refractivity contribution in [3.05, 3.63) is 48.5 Å². The smallest absolute Gasteiger partial charge is 0.158 e. The molecule has 0 unspecified atom stereocenters. The third kappa shape index (κ3) is 3.42. The minimum Gasteiger partial charge on any atom is -0.385 e. The van der Waals surface area contributed by atoms with Crippen molar-refractivity contribution >= 4 is 22.7 Å². The monoisotopic (exact) mass is 364 g/mol. The van der Waals surface area contributed by atoms with Crippen molar-refractivity contribution in [3.63, 3.8) is 0 Å². The van der Waals surface area contributed by atoms with E-state index in [-0.39, 0.29) is 12.1 Å². The first-order valence-electron chi connectivity index (χ1n) is 9.29. The van der Waals surface area contributed by atoms with Gasteiger partial charge in [0.2, 0.25) is 0 Å². The maximum atomic E-state index is 9.79. The summed E-state index contributed by atoms with van der Waals surface area (Å²) in [5.41, 5.74) is 1.82. The quantitative estimate of drug-likeness (QED) is 0.765. The van der Waals surface area contributed by atoms with Gasteiger partial charge < -0.3 is 14.9 Å².